The number of rotatable bonds is 4. The zero-order valence-electron chi connectivity index (χ0n) is 20.3. The lowest BCUT2D eigenvalue weighted by Gasteiger charge is -2.36. The average molecular weight is 467 g/mol. The maximum absolute atomic E-state index is 13.7. The molecule has 9 heteroatoms. The summed E-state index contributed by atoms with van der Waals surface area (Å²) >= 11 is 0. The van der Waals surface area contributed by atoms with E-state index >= 15 is 0 Å². The molecule has 3 aliphatic heterocycles. The molecule has 1 saturated carbocycles. The topological polar surface area (TPSA) is 95.0 Å². The van der Waals surface area contributed by atoms with Crippen molar-refractivity contribution < 1.29 is 4.79 Å². The van der Waals surface area contributed by atoms with Crippen molar-refractivity contribution in [2.75, 3.05) is 37.6 Å². The van der Waals surface area contributed by atoms with E-state index in [1.807, 2.05) is 4.52 Å². The molecule has 34 heavy (non-hydrogen) atoms. The number of nitrogens with one attached hydrogen (secondary N) is 1. The van der Waals surface area contributed by atoms with E-state index in [1.165, 1.54) is 25.7 Å². The van der Waals surface area contributed by atoms with E-state index < -0.39 is 0 Å². The summed E-state index contributed by atoms with van der Waals surface area (Å²) in [5.41, 5.74) is 12.6. The van der Waals surface area contributed by atoms with Crippen LogP contribution in [0.5, 0.6) is 0 Å². The predicted molar refractivity (Wildman–Crippen MR) is 131 cm³/mol. The molecule has 1 amide bonds. The molecule has 3 saturated heterocycles. The van der Waals surface area contributed by atoms with Gasteiger partial charge < -0.3 is 15.5 Å². The molecule has 0 spiro atoms. The molecule has 1 unspecified atom stereocenters. The number of fused-ring (bicyclic) bond motifs is 1. The van der Waals surface area contributed by atoms with Crippen molar-refractivity contribution >= 4 is 17.4 Å². The third-order valence-electron chi connectivity index (χ3n) is 8.35. The number of likely N-dealkylation sites (tertiary alicyclic amines) is 1. The van der Waals surface area contributed by atoms with Crippen LogP contribution in [0.4, 0.5) is 5.82 Å². The average Bonchev–Trinajstić information content (AvgIpc) is 3.64. The normalized spacial score (nSPS) is 29.1. The van der Waals surface area contributed by atoms with Crippen molar-refractivity contribution in [3.8, 4) is 0 Å². The fourth-order valence-corrected chi connectivity index (χ4v) is 6.47. The van der Waals surface area contributed by atoms with Gasteiger partial charge in [-0.25, -0.2) is 14.5 Å². The van der Waals surface area contributed by atoms with E-state index in [2.05, 4.69) is 39.4 Å². The van der Waals surface area contributed by atoms with Crippen LogP contribution >= 0.6 is 0 Å². The molecule has 2 aromatic heterocycles. The standard InChI is InChI=1S/C25H38N8O/c1-17-14-33-23(28-24(17)30-11-9-19(26)16-30)12-21(29-33)22-8-4-5-10-31(22)25(34)18-13-27-32(15-18)20-6-2-3-7-20/h12,14,18-20,22,27H,2-11,13,15-16,26H2,1H3/t18?,19-,22-/m0/s1. The Morgan fingerprint density at radius 1 is 1.09 bits per heavy atom. The van der Waals surface area contributed by atoms with Crippen LogP contribution in [-0.2, 0) is 4.79 Å². The van der Waals surface area contributed by atoms with Gasteiger partial charge in [0, 0.05) is 62.6 Å². The number of piperidine rings is 1. The van der Waals surface area contributed by atoms with Crippen molar-refractivity contribution in [2.24, 2.45) is 11.7 Å². The lowest BCUT2D eigenvalue weighted by atomic mass is 9.97. The van der Waals surface area contributed by atoms with Crippen molar-refractivity contribution in [1.29, 1.82) is 0 Å². The van der Waals surface area contributed by atoms with Gasteiger partial charge in [-0.15, -0.1) is 0 Å². The third kappa shape index (κ3) is 4.07. The molecule has 6 rings (SSSR count). The van der Waals surface area contributed by atoms with Crippen LogP contribution in [0.1, 0.15) is 68.7 Å². The first-order chi connectivity index (χ1) is 16.6. The highest BCUT2D eigenvalue weighted by atomic mass is 16.2. The van der Waals surface area contributed by atoms with E-state index in [-0.39, 0.29) is 23.9 Å². The quantitative estimate of drug-likeness (QED) is 0.712. The number of aryl methyl sites for hydroxylation is 1. The maximum Gasteiger partial charge on any atom is 0.228 e. The van der Waals surface area contributed by atoms with Crippen LogP contribution in [0.25, 0.3) is 5.65 Å². The van der Waals surface area contributed by atoms with Gasteiger partial charge in [0.05, 0.1) is 17.7 Å². The summed E-state index contributed by atoms with van der Waals surface area (Å²) in [7, 11) is 0. The summed E-state index contributed by atoms with van der Waals surface area (Å²) in [5.74, 6) is 1.32. The number of aromatic nitrogens is 3. The van der Waals surface area contributed by atoms with Crippen LogP contribution < -0.4 is 16.1 Å². The summed E-state index contributed by atoms with van der Waals surface area (Å²) in [4.78, 5) is 23.0. The number of amides is 1. The number of nitrogens with zero attached hydrogens (tertiary/aromatic N) is 6. The Morgan fingerprint density at radius 3 is 2.71 bits per heavy atom. The Bertz CT molecular complexity index is 1050. The third-order valence-corrected chi connectivity index (χ3v) is 8.35. The van der Waals surface area contributed by atoms with Gasteiger partial charge in [0.2, 0.25) is 5.91 Å². The second-order valence-electron chi connectivity index (χ2n) is 10.8. The molecule has 0 bridgehead atoms. The monoisotopic (exact) mass is 466 g/mol. The van der Waals surface area contributed by atoms with E-state index in [4.69, 9.17) is 15.8 Å². The van der Waals surface area contributed by atoms with E-state index in [0.29, 0.717) is 6.04 Å². The number of carbonyl (C=O) groups is 1. The summed E-state index contributed by atoms with van der Waals surface area (Å²) in [6.07, 6.45) is 11.4. The molecule has 9 nitrogen and oxygen atoms in total. The van der Waals surface area contributed by atoms with Gasteiger partial charge in [-0.3, -0.25) is 10.2 Å². The maximum atomic E-state index is 13.7. The fourth-order valence-electron chi connectivity index (χ4n) is 6.47. The Kier molecular flexibility index (Phi) is 5.95. The molecule has 5 heterocycles. The van der Waals surface area contributed by atoms with Gasteiger partial charge >= 0.3 is 0 Å². The van der Waals surface area contributed by atoms with Gasteiger partial charge in [-0.1, -0.05) is 12.8 Å². The molecular formula is C25H38N8O. The number of hydrazine groups is 1. The first-order valence-electron chi connectivity index (χ1n) is 13.2. The summed E-state index contributed by atoms with van der Waals surface area (Å²) in [6.45, 7) is 6.30. The van der Waals surface area contributed by atoms with E-state index in [1.54, 1.807) is 0 Å². The highest BCUT2D eigenvalue weighted by Crippen LogP contribution is 2.34. The SMILES string of the molecule is Cc1cn2nc([C@@H]3CCCCN3C(=O)C3CNN(C4CCCC4)C3)cc2nc1N1CC[C@H](N)C1. The van der Waals surface area contributed by atoms with Gasteiger partial charge in [0.1, 0.15) is 5.82 Å². The van der Waals surface area contributed by atoms with Crippen molar-refractivity contribution in [3.05, 3.63) is 23.5 Å². The Hall–Kier alpha value is -2.23. The fraction of sp³-hybridized carbons (Fsp3) is 0.720. The second-order valence-corrected chi connectivity index (χ2v) is 10.8. The Balaban J connectivity index is 1.22. The molecule has 3 atom stereocenters. The highest BCUT2D eigenvalue weighted by molar-refractivity contribution is 5.80. The first-order valence-corrected chi connectivity index (χ1v) is 13.2. The summed E-state index contributed by atoms with van der Waals surface area (Å²) in [6, 6.07) is 2.94. The lowest BCUT2D eigenvalue weighted by molar-refractivity contribution is -0.138. The van der Waals surface area contributed by atoms with Crippen LogP contribution in [0.15, 0.2) is 12.3 Å². The Labute approximate surface area is 201 Å². The minimum absolute atomic E-state index is 0.0320. The number of carbonyl (C=O) groups excluding carboxylic acids is 1. The lowest BCUT2D eigenvalue weighted by Crippen LogP contribution is -2.43. The molecule has 0 radical (unpaired) electrons. The van der Waals surface area contributed by atoms with Crippen LogP contribution in [0.2, 0.25) is 0 Å². The van der Waals surface area contributed by atoms with Gasteiger partial charge in [-0.2, -0.15) is 5.10 Å². The molecule has 4 fully saturated rings. The van der Waals surface area contributed by atoms with Crippen molar-refractivity contribution in [2.45, 2.75) is 76.4 Å². The summed E-state index contributed by atoms with van der Waals surface area (Å²) < 4.78 is 1.89. The van der Waals surface area contributed by atoms with Crippen LogP contribution in [0.3, 0.4) is 0 Å². The minimum atomic E-state index is 0.0320. The van der Waals surface area contributed by atoms with Gasteiger partial charge in [0.15, 0.2) is 5.65 Å². The molecule has 184 valence electrons. The molecular weight excluding hydrogens is 428 g/mol. The van der Waals surface area contributed by atoms with Crippen molar-refractivity contribution in [3.63, 3.8) is 0 Å². The zero-order chi connectivity index (χ0) is 23.2. The second kappa shape index (κ2) is 9.09. The molecule has 4 aliphatic rings. The number of anilines is 1. The predicted octanol–water partition coefficient (Wildman–Crippen LogP) is 2.01. The Morgan fingerprint density at radius 2 is 1.91 bits per heavy atom. The minimum Gasteiger partial charge on any atom is -0.355 e. The highest BCUT2D eigenvalue weighted by Gasteiger charge is 2.39. The number of hydrogen-bond acceptors (Lipinski definition) is 7. The molecule has 1 aliphatic carbocycles. The van der Waals surface area contributed by atoms with Crippen LogP contribution in [-0.4, -0.2) is 75.2 Å². The molecule has 2 aromatic rings. The smallest absolute Gasteiger partial charge is 0.228 e. The largest absolute Gasteiger partial charge is 0.355 e. The van der Waals surface area contributed by atoms with Gasteiger partial charge in [-0.05, 0) is 45.4 Å². The number of nitrogens with two attached hydrogens (primary N) is 1. The zero-order valence-corrected chi connectivity index (χ0v) is 20.3. The van der Waals surface area contributed by atoms with Crippen molar-refractivity contribution in [1.82, 2.24) is 29.9 Å². The molecule has 0 aromatic carbocycles. The first kappa shape index (κ1) is 22.2. The van der Waals surface area contributed by atoms with E-state index in [9.17, 15) is 4.79 Å². The number of hydrogen-bond donors (Lipinski definition) is 2. The van der Waals surface area contributed by atoms with Gasteiger partial charge in [0.25, 0.3) is 0 Å². The van der Waals surface area contributed by atoms with Crippen LogP contribution in [0, 0.1) is 12.8 Å². The van der Waals surface area contributed by atoms with E-state index in [0.717, 1.165) is 81.1 Å². The molecule has 3 N–H and O–H groups in total. The summed E-state index contributed by atoms with van der Waals surface area (Å²) in [5, 5.41) is 7.25.